The zero-order valence-electron chi connectivity index (χ0n) is 15.9. The van der Waals surface area contributed by atoms with E-state index in [0.29, 0.717) is 30.6 Å². The van der Waals surface area contributed by atoms with Gasteiger partial charge in [0.05, 0.1) is 6.26 Å². The molecule has 1 amide bonds. The first kappa shape index (κ1) is 20.6. The average molecular weight is 380 g/mol. The molecule has 2 N–H and O–H groups in total. The van der Waals surface area contributed by atoms with E-state index in [9.17, 15) is 13.2 Å². The molecule has 26 heavy (non-hydrogen) atoms. The van der Waals surface area contributed by atoms with E-state index in [1.165, 1.54) is 6.26 Å². The van der Waals surface area contributed by atoms with E-state index in [2.05, 4.69) is 34.9 Å². The van der Waals surface area contributed by atoms with Gasteiger partial charge >= 0.3 is 0 Å². The third-order valence-corrected chi connectivity index (χ3v) is 5.72. The number of nitrogens with one attached hydrogen (secondary N) is 2. The normalized spacial score (nSPS) is 23.6. The Kier molecular flexibility index (Phi) is 6.94. The molecule has 3 atom stereocenters. The fourth-order valence-electron chi connectivity index (χ4n) is 3.61. The van der Waals surface area contributed by atoms with Gasteiger partial charge < -0.3 is 5.32 Å². The number of allylic oxidation sites excluding steroid dienone is 1. The Bertz CT molecular complexity index is 745. The molecule has 0 saturated heterocycles. The average Bonchev–Trinajstić information content (AvgIpc) is 2.54. The van der Waals surface area contributed by atoms with Gasteiger partial charge in [-0.15, -0.1) is 0 Å². The van der Waals surface area contributed by atoms with Gasteiger partial charge in [0, 0.05) is 19.2 Å². The molecule has 0 aliphatic heterocycles. The molecule has 0 unspecified atom stereocenters. The van der Waals surface area contributed by atoms with E-state index in [0.717, 1.165) is 12.0 Å². The van der Waals surface area contributed by atoms with Crippen LogP contribution in [0.5, 0.6) is 0 Å². The van der Waals surface area contributed by atoms with Gasteiger partial charge in [-0.3, -0.25) is 4.79 Å². The summed E-state index contributed by atoms with van der Waals surface area (Å²) in [4.78, 5) is 16.5. The lowest BCUT2D eigenvalue weighted by Crippen LogP contribution is -2.37. The van der Waals surface area contributed by atoms with Crippen LogP contribution in [0.15, 0.2) is 36.0 Å². The quantitative estimate of drug-likeness (QED) is 0.713. The van der Waals surface area contributed by atoms with Crippen LogP contribution in [0.4, 0.5) is 5.82 Å². The van der Waals surface area contributed by atoms with Crippen LogP contribution in [0.1, 0.15) is 33.6 Å². The van der Waals surface area contributed by atoms with E-state index in [-0.39, 0.29) is 17.7 Å². The van der Waals surface area contributed by atoms with Gasteiger partial charge in [0.25, 0.3) is 0 Å². The molecule has 1 aliphatic carbocycles. The number of carbonyl (C=O) groups is 1. The van der Waals surface area contributed by atoms with Crippen LogP contribution >= 0.6 is 0 Å². The highest BCUT2D eigenvalue weighted by molar-refractivity contribution is 7.88. The van der Waals surface area contributed by atoms with Crippen molar-refractivity contribution in [1.82, 2.24) is 9.71 Å². The van der Waals surface area contributed by atoms with Crippen molar-refractivity contribution < 1.29 is 13.2 Å². The Labute approximate surface area is 156 Å². The summed E-state index contributed by atoms with van der Waals surface area (Å²) in [5, 5.41) is 2.84. The van der Waals surface area contributed by atoms with Gasteiger partial charge in [-0.1, -0.05) is 31.6 Å². The van der Waals surface area contributed by atoms with Crippen LogP contribution in [0.2, 0.25) is 0 Å². The van der Waals surface area contributed by atoms with Gasteiger partial charge in [-0.25, -0.2) is 18.1 Å². The number of pyridine rings is 1. The second-order valence-corrected chi connectivity index (χ2v) is 9.34. The molecule has 0 aromatic carbocycles. The number of nitrogens with zero attached hydrogens (tertiary/aromatic N) is 1. The largest absolute Gasteiger partial charge is 0.311 e. The molecule has 1 aliphatic rings. The fraction of sp³-hybridized carbons (Fsp3) is 0.579. The second-order valence-electron chi connectivity index (χ2n) is 7.50. The van der Waals surface area contributed by atoms with Crippen molar-refractivity contribution in [3.05, 3.63) is 36.0 Å². The number of carbonyl (C=O) groups excluding carboxylic acids is 1. The first-order chi connectivity index (χ1) is 12.2. The summed E-state index contributed by atoms with van der Waals surface area (Å²) >= 11 is 0. The molecule has 144 valence electrons. The zero-order valence-corrected chi connectivity index (χ0v) is 16.7. The van der Waals surface area contributed by atoms with E-state index in [1.54, 1.807) is 12.3 Å². The van der Waals surface area contributed by atoms with E-state index < -0.39 is 10.0 Å². The highest BCUT2D eigenvalue weighted by Gasteiger charge is 2.32. The monoisotopic (exact) mass is 379 g/mol. The molecule has 0 saturated carbocycles. The minimum Gasteiger partial charge on any atom is -0.311 e. The predicted octanol–water partition coefficient (Wildman–Crippen LogP) is 2.81. The van der Waals surface area contributed by atoms with E-state index in [1.807, 2.05) is 19.1 Å². The lowest BCUT2D eigenvalue weighted by atomic mass is 9.70. The topological polar surface area (TPSA) is 88.2 Å². The molecular weight excluding hydrogens is 350 g/mol. The lowest BCUT2D eigenvalue weighted by molar-refractivity contribution is -0.117. The summed E-state index contributed by atoms with van der Waals surface area (Å²) in [5.74, 6) is 1.58. The summed E-state index contributed by atoms with van der Waals surface area (Å²) in [5.41, 5.74) is 1.15. The standard InChI is InChI=1S/C19H29N3O3S/c1-13(2)17-10-15(11-19(23)22-18-7-5-6-8-20-18)14(3)9-16(17)12-21-26(4,24)25/h5-9,13,15-17,21H,10-12H2,1-4H3,(H,20,22,23)/t15-,16-,17-/m0/s1. The predicted molar refractivity (Wildman–Crippen MR) is 104 cm³/mol. The minimum absolute atomic E-state index is 0.0448. The fourth-order valence-corrected chi connectivity index (χ4v) is 4.10. The van der Waals surface area contributed by atoms with Crippen molar-refractivity contribution in [2.45, 2.75) is 33.6 Å². The van der Waals surface area contributed by atoms with Gasteiger partial charge in [-0.05, 0) is 49.1 Å². The number of hydrogen-bond donors (Lipinski definition) is 2. The summed E-state index contributed by atoms with van der Waals surface area (Å²) in [7, 11) is -3.21. The van der Waals surface area contributed by atoms with Crippen LogP contribution < -0.4 is 10.0 Å². The highest BCUT2D eigenvalue weighted by Crippen LogP contribution is 2.38. The summed E-state index contributed by atoms with van der Waals surface area (Å²) in [6.45, 7) is 6.74. The number of rotatable bonds is 7. The Balaban J connectivity index is 2.04. The maximum Gasteiger partial charge on any atom is 0.226 e. The Morgan fingerprint density at radius 1 is 1.35 bits per heavy atom. The molecule has 1 aromatic heterocycles. The van der Waals surface area contributed by atoms with Crippen molar-refractivity contribution in [2.24, 2.45) is 23.7 Å². The molecule has 2 rings (SSSR count). The maximum absolute atomic E-state index is 12.4. The zero-order chi connectivity index (χ0) is 19.3. The number of anilines is 1. The van der Waals surface area contributed by atoms with Gasteiger partial charge in [0.1, 0.15) is 5.82 Å². The van der Waals surface area contributed by atoms with Crippen LogP contribution in [0.3, 0.4) is 0 Å². The van der Waals surface area contributed by atoms with E-state index >= 15 is 0 Å². The van der Waals surface area contributed by atoms with Gasteiger partial charge in [0.15, 0.2) is 0 Å². The van der Waals surface area contributed by atoms with Crippen LogP contribution in [-0.4, -0.2) is 32.1 Å². The molecule has 0 fully saturated rings. The molecule has 0 radical (unpaired) electrons. The maximum atomic E-state index is 12.4. The number of hydrogen-bond acceptors (Lipinski definition) is 4. The van der Waals surface area contributed by atoms with Gasteiger partial charge in [-0.2, -0.15) is 0 Å². The third-order valence-electron chi connectivity index (χ3n) is 5.03. The van der Waals surface area contributed by atoms with Crippen LogP contribution in [0, 0.1) is 23.7 Å². The Hall–Kier alpha value is -1.73. The van der Waals surface area contributed by atoms with Crippen LogP contribution in [0.25, 0.3) is 0 Å². The molecule has 0 bridgehead atoms. The summed E-state index contributed by atoms with van der Waals surface area (Å²) in [6, 6.07) is 5.41. The smallest absolute Gasteiger partial charge is 0.226 e. The first-order valence-corrected chi connectivity index (χ1v) is 10.9. The third kappa shape index (κ3) is 6.21. The lowest BCUT2D eigenvalue weighted by Gasteiger charge is -2.37. The van der Waals surface area contributed by atoms with Crippen molar-refractivity contribution >= 4 is 21.7 Å². The molecule has 7 heteroatoms. The van der Waals surface area contributed by atoms with Gasteiger partial charge in [0.2, 0.25) is 15.9 Å². The molecule has 0 spiro atoms. The van der Waals surface area contributed by atoms with Crippen molar-refractivity contribution in [1.29, 1.82) is 0 Å². The molecular formula is C19H29N3O3S. The van der Waals surface area contributed by atoms with Crippen LogP contribution in [-0.2, 0) is 14.8 Å². The Morgan fingerprint density at radius 3 is 2.65 bits per heavy atom. The Morgan fingerprint density at radius 2 is 2.08 bits per heavy atom. The molecule has 1 aromatic rings. The number of amides is 1. The van der Waals surface area contributed by atoms with Crippen molar-refractivity contribution in [3.8, 4) is 0 Å². The minimum atomic E-state index is -3.21. The first-order valence-electron chi connectivity index (χ1n) is 8.99. The number of aromatic nitrogens is 1. The number of sulfonamides is 1. The second kappa shape index (κ2) is 8.77. The molecule has 1 heterocycles. The van der Waals surface area contributed by atoms with Crippen molar-refractivity contribution in [3.63, 3.8) is 0 Å². The summed E-state index contributed by atoms with van der Waals surface area (Å²) < 4.78 is 25.5. The molecule has 6 nitrogen and oxygen atoms in total. The summed E-state index contributed by atoms with van der Waals surface area (Å²) in [6.07, 6.45) is 6.27. The SMILES string of the molecule is CC1=C[C@@H](CNS(C)(=O)=O)[C@H](C(C)C)C[C@H]1CC(=O)Nc1ccccn1. The van der Waals surface area contributed by atoms with E-state index in [4.69, 9.17) is 0 Å². The highest BCUT2D eigenvalue weighted by atomic mass is 32.2. The van der Waals surface area contributed by atoms with Crippen molar-refractivity contribution in [2.75, 3.05) is 18.1 Å².